The van der Waals surface area contributed by atoms with Crippen LogP contribution in [0.15, 0.2) is 36.1 Å². The van der Waals surface area contributed by atoms with Crippen molar-refractivity contribution in [2.45, 2.75) is 13.8 Å². The molecule has 18 heavy (non-hydrogen) atoms. The number of benzene rings is 1. The first kappa shape index (κ1) is 16.5. The number of carbonyl (C=O) groups excluding carboxylic acids is 2. The SMILES string of the molecule is CCOC(=O)/C([O-])=C/C(=O)c1ccc(C)cc1.[Li+]. The molecule has 0 radical (unpaired) electrons. The second-order valence-electron chi connectivity index (χ2n) is 3.46. The van der Waals surface area contributed by atoms with E-state index in [-0.39, 0.29) is 25.5 Å². The molecule has 1 rings (SSSR count). The third-order valence-corrected chi connectivity index (χ3v) is 2.07. The van der Waals surface area contributed by atoms with Crippen LogP contribution in [0.3, 0.4) is 0 Å². The van der Waals surface area contributed by atoms with Gasteiger partial charge in [-0.25, -0.2) is 4.79 Å². The predicted octanol–water partition coefficient (Wildman–Crippen LogP) is -2.01. The molecule has 0 saturated heterocycles. The maximum Gasteiger partial charge on any atom is 1.00 e. The molecule has 0 aliphatic rings. The molecular weight excluding hydrogens is 227 g/mol. The monoisotopic (exact) mass is 240 g/mol. The molecule has 1 aromatic carbocycles. The van der Waals surface area contributed by atoms with Gasteiger partial charge in [0.15, 0.2) is 5.78 Å². The van der Waals surface area contributed by atoms with E-state index in [1.165, 1.54) is 0 Å². The molecule has 0 spiro atoms. The second-order valence-corrected chi connectivity index (χ2v) is 3.46. The van der Waals surface area contributed by atoms with Crippen LogP contribution in [0.4, 0.5) is 0 Å². The fraction of sp³-hybridized carbons (Fsp3) is 0.231. The Bertz CT molecular complexity index is 449. The Hall–Kier alpha value is -1.50. The molecule has 0 saturated carbocycles. The largest absolute Gasteiger partial charge is 1.00 e. The van der Waals surface area contributed by atoms with Gasteiger partial charge in [0.2, 0.25) is 0 Å². The quantitative estimate of drug-likeness (QED) is 0.200. The van der Waals surface area contributed by atoms with E-state index in [2.05, 4.69) is 4.74 Å². The van der Waals surface area contributed by atoms with Crippen LogP contribution in [-0.2, 0) is 9.53 Å². The molecule has 0 heterocycles. The fourth-order valence-corrected chi connectivity index (χ4v) is 1.18. The van der Waals surface area contributed by atoms with Gasteiger partial charge in [0.25, 0.3) is 0 Å². The first-order valence-electron chi connectivity index (χ1n) is 5.21. The van der Waals surface area contributed by atoms with E-state index in [1.54, 1.807) is 31.2 Å². The summed E-state index contributed by atoms with van der Waals surface area (Å²) in [6.45, 7) is 3.59. The molecule has 0 unspecified atom stereocenters. The molecule has 90 valence electrons. The molecule has 0 atom stereocenters. The van der Waals surface area contributed by atoms with Gasteiger partial charge in [0.05, 0.1) is 6.61 Å². The van der Waals surface area contributed by atoms with Crippen molar-refractivity contribution in [2.75, 3.05) is 6.61 Å². The van der Waals surface area contributed by atoms with E-state index < -0.39 is 17.5 Å². The van der Waals surface area contributed by atoms with Gasteiger partial charge in [-0.2, -0.15) is 0 Å². The Balaban J connectivity index is 0.00000289. The average molecular weight is 240 g/mol. The number of hydrogen-bond donors (Lipinski definition) is 0. The van der Waals surface area contributed by atoms with E-state index in [4.69, 9.17) is 0 Å². The molecule has 0 aromatic heterocycles. The zero-order chi connectivity index (χ0) is 12.8. The summed E-state index contributed by atoms with van der Waals surface area (Å²) in [5, 5.41) is 11.2. The number of aryl methyl sites for hydroxylation is 1. The topological polar surface area (TPSA) is 66.4 Å². The van der Waals surface area contributed by atoms with Crippen molar-refractivity contribution in [3.63, 3.8) is 0 Å². The first-order valence-corrected chi connectivity index (χ1v) is 5.21. The van der Waals surface area contributed by atoms with Gasteiger partial charge in [-0.05, 0) is 25.7 Å². The van der Waals surface area contributed by atoms with Crippen molar-refractivity contribution in [3.05, 3.63) is 47.2 Å². The number of hydrogen-bond acceptors (Lipinski definition) is 4. The van der Waals surface area contributed by atoms with Crippen molar-refractivity contribution in [1.29, 1.82) is 0 Å². The van der Waals surface area contributed by atoms with Crippen LogP contribution in [0.5, 0.6) is 0 Å². The summed E-state index contributed by atoms with van der Waals surface area (Å²) >= 11 is 0. The fourth-order valence-electron chi connectivity index (χ4n) is 1.18. The number of allylic oxidation sites excluding steroid dienone is 1. The molecule has 4 nitrogen and oxygen atoms in total. The molecule has 0 fully saturated rings. The molecule has 0 aliphatic heterocycles. The van der Waals surface area contributed by atoms with Crippen LogP contribution in [0, 0.1) is 6.92 Å². The van der Waals surface area contributed by atoms with Gasteiger partial charge >= 0.3 is 24.8 Å². The Kier molecular flexibility index (Phi) is 7.11. The maximum absolute atomic E-state index is 11.6. The van der Waals surface area contributed by atoms with E-state index in [0.717, 1.165) is 11.6 Å². The van der Waals surface area contributed by atoms with Crippen LogP contribution >= 0.6 is 0 Å². The number of rotatable bonds is 4. The molecule has 0 amide bonds. The molecule has 0 bridgehead atoms. The summed E-state index contributed by atoms with van der Waals surface area (Å²) in [5.41, 5.74) is 1.38. The number of carbonyl (C=O) groups is 2. The molecule has 0 N–H and O–H groups in total. The van der Waals surface area contributed by atoms with E-state index in [1.807, 2.05) is 6.92 Å². The summed E-state index contributed by atoms with van der Waals surface area (Å²) < 4.78 is 4.49. The van der Waals surface area contributed by atoms with Crippen molar-refractivity contribution >= 4 is 11.8 Å². The van der Waals surface area contributed by atoms with Crippen molar-refractivity contribution in [2.24, 2.45) is 0 Å². The minimum atomic E-state index is -1.01. The maximum atomic E-state index is 11.6. The van der Waals surface area contributed by atoms with E-state index in [9.17, 15) is 14.7 Å². The van der Waals surface area contributed by atoms with Gasteiger partial charge in [0.1, 0.15) is 0 Å². The van der Waals surface area contributed by atoms with E-state index in [0.29, 0.717) is 5.56 Å². The zero-order valence-corrected chi connectivity index (χ0v) is 10.7. The molecule has 0 aliphatic carbocycles. The van der Waals surface area contributed by atoms with Gasteiger partial charge in [-0.3, -0.25) is 4.79 Å². The number of ether oxygens (including phenoxy) is 1. The third-order valence-electron chi connectivity index (χ3n) is 2.07. The minimum Gasteiger partial charge on any atom is -0.867 e. The summed E-state index contributed by atoms with van der Waals surface area (Å²) in [6.07, 6.45) is 0.753. The average Bonchev–Trinajstić information content (AvgIpc) is 2.30. The Morgan fingerprint density at radius 2 is 1.83 bits per heavy atom. The van der Waals surface area contributed by atoms with Crippen LogP contribution < -0.4 is 24.0 Å². The van der Waals surface area contributed by atoms with Crippen LogP contribution in [-0.4, -0.2) is 18.4 Å². The Labute approximate surface area is 118 Å². The summed E-state index contributed by atoms with van der Waals surface area (Å²) in [5.74, 6) is -2.44. The summed E-state index contributed by atoms with van der Waals surface area (Å²) in [7, 11) is 0. The normalized spacial score (nSPS) is 10.4. The summed E-state index contributed by atoms with van der Waals surface area (Å²) in [4.78, 5) is 22.6. The van der Waals surface area contributed by atoms with Crippen molar-refractivity contribution < 1.29 is 38.3 Å². The van der Waals surface area contributed by atoms with E-state index >= 15 is 0 Å². The van der Waals surface area contributed by atoms with Gasteiger partial charge in [-0.1, -0.05) is 29.8 Å². The minimum absolute atomic E-state index is 0. The van der Waals surface area contributed by atoms with Gasteiger partial charge < -0.3 is 9.84 Å². The third kappa shape index (κ3) is 4.78. The Morgan fingerprint density at radius 3 is 2.33 bits per heavy atom. The van der Waals surface area contributed by atoms with Crippen LogP contribution in [0.25, 0.3) is 0 Å². The summed E-state index contributed by atoms with van der Waals surface area (Å²) in [6, 6.07) is 6.73. The molecular formula is C13H13LiO4. The Morgan fingerprint density at radius 1 is 1.28 bits per heavy atom. The smallest absolute Gasteiger partial charge is 0.867 e. The predicted molar refractivity (Wildman–Crippen MR) is 60.2 cm³/mol. The van der Waals surface area contributed by atoms with Crippen molar-refractivity contribution in [3.8, 4) is 0 Å². The van der Waals surface area contributed by atoms with Gasteiger partial charge in [0, 0.05) is 5.56 Å². The standard InChI is InChI=1S/C13H14O4.Li/c1-3-17-13(16)12(15)8-11(14)10-6-4-9(2)5-7-10;/h4-8,15H,3H2,1-2H3;/q;+1/p-1/b12-8-;. The second kappa shape index (κ2) is 7.75. The zero-order valence-electron chi connectivity index (χ0n) is 10.7. The number of esters is 1. The number of ketones is 1. The van der Waals surface area contributed by atoms with Crippen LogP contribution in [0.1, 0.15) is 22.8 Å². The van der Waals surface area contributed by atoms with Crippen molar-refractivity contribution in [1.82, 2.24) is 0 Å². The molecule has 1 aromatic rings. The first-order chi connectivity index (χ1) is 8.04. The molecule has 5 heteroatoms. The van der Waals surface area contributed by atoms with Crippen LogP contribution in [0.2, 0.25) is 0 Å². The van der Waals surface area contributed by atoms with Gasteiger partial charge in [-0.15, -0.1) is 0 Å².